The summed E-state index contributed by atoms with van der Waals surface area (Å²) in [6.45, 7) is 3.85. The van der Waals surface area contributed by atoms with Crippen LogP contribution in [0.1, 0.15) is 25.3 Å². The SMILES string of the molecule is CCOC(=O)C1CCN(/C=C(/C#N)C(=O)NCCc2ccc(OC)cc2)CC1. The topological polar surface area (TPSA) is 91.7 Å². The Balaban J connectivity index is 1.80. The summed E-state index contributed by atoms with van der Waals surface area (Å²) in [6.07, 6.45) is 3.57. The van der Waals surface area contributed by atoms with E-state index in [0.717, 1.165) is 11.3 Å². The highest BCUT2D eigenvalue weighted by atomic mass is 16.5. The first-order chi connectivity index (χ1) is 13.6. The van der Waals surface area contributed by atoms with Gasteiger partial charge in [-0.2, -0.15) is 5.26 Å². The van der Waals surface area contributed by atoms with Gasteiger partial charge in [0.1, 0.15) is 17.4 Å². The van der Waals surface area contributed by atoms with Crippen molar-refractivity contribution in [3.8, 4) is 11.8 Å². The van der Waals surface area contributed by atoms with E-state index in [0.29, 0.717) is 45.5 Å². The van der Waals surface area contributed by atoms with Crippen molar-refractivity contribution in [1.82, 2.24) is 10.2 Å². The van der Waals surface area contributed by atoms with E-state index in [1.54, 1.807) is 20.2 Å². The Hall–Kier alpha value is -3.01. The third kappa shape index (κ3) is 6.31. The second-order valence-electron chi connectivity index (χ2n) is 6.57. The van der Waals surface area contributed by atoms with Gasteiger partial charge in [0.05, 0.1) is 19.6 Å². The van der Waals surface area contributed by atoms with Gasteiger partial charge in [-0.1, -0.05) is 12.1 Å². The zero-order valence-electron chi connectivity index (χ0n) is 16.4. The van der Waals surface area contributed by atoms with Crippen LogP contribution in [0.4, 0.5) is 0 Å². The molecule has 1 aliphatic rings. The van der Waals surface area contributed by atoms with Gasteiger partial charge in [0.2, 0.25) is 0 Å². The van der Waals surface area contributed by atoms with Crippen molar-refractivity contribution in [2.24, 2.45) is 5.92 Å². The van der Waals surface area contributed by atoms with Crippen LogP contribution in [0.3, 0.4) is 0 Å². The lowest BCUT2D eigenvalue weighted by Gasteiger charge is -2.30. The van der Waals surface area contributed by atoms with Gasteiger partial charge in [0.15, 0.2) is 0 Å². The second-order valence-corrected chi connectivity index (χ2v) is 6.57. The lowest BCUT2D eigenvalue weighted by atomic mass is 9.97. The van der Waals surface area contributed by atoms with E-state index in [9.17, 15) is 14.9 Å². The van der Waals surface area contributed by atoms with Gasteiger partial charge in [-0.15, -0.1) is 0 Å². The van der Waals surface area contributed by atoms with E-state index in [1.165, 1.54) is 0 Å². The molecular weight excluding hydrogens is 358 g/mol. The first-order valence-corrected chi connectivity index (χ1v) is 9.51. The summed E-state index contributed by atoms with van der Waals surface area (Å²) in [5.74, 6) is 0.133. The lowest BCUT2D eigenvalue weighted by Crippen LogP contribution is -2.35. The molecule has 28 heavy (non-hydrogen) atoms. The number of hydrogen-bond acceptors (Lipinski definition) is 6. The van der Waals surface area contributed by atoms with E-state index < -0.39 is 0 Å². The molecule has 1 aromatic rings. The Morgan fingerprint density at radius 1 is 1.29 bits per heavy atom. The van der Waals surface area contributed by atoms with E-state index in [1.807, 2.05) is 35.2 Å². The Kier molecular flexibility index (Phi) is 8.35. The Bertz CT molecular complexity index is 729. The van der Waals surface area contributed by atoms with Crippen LogP contribution in [0.15, 0.2) is 36.0 Å². The molecule has 0 atom stereocenters. The number of nitrogens with zero attached hydrogens (tertiary/aromatic N) is 2. The average molecular weight is 385 g/mol. The molecule has 1 fully saturated rings. The van der Waals surface area contributed by atoms with Crippen LogP contribution in [-0.4, -0.2) is 50.1 Å². The van der Waals surface area contributed by atoms with Crippen molar-refractivity contribution in [3.63, 3.8) is 0 Å². The quantitative estimate of drug-likeness (QED) is 0.418. The lowest BCUT2D eigenvalue weighted by molar-refractivity contribution is -0.149. The van der Waals surface area contributed by atoms with Crippen molar-refractivity contribution < 1.29 is 19.1 Å². The first kappa shape index (κ1) is 21.3. The molecule has 7 heteroatoms. The fraction of sp³-hybridized carbons (Fsp3) is 0.476. The Labute approximate surface area is 165 Å². The molecule has 1 amide bonds. The molecule has 1 N–H and O–H groups in total. The predicted octanol–water partition coefficient (Wildman–Crippen LogP) is 2.04. The molecule has 0 radical (unpaired) electrons. The van der Waals surface area contributed by atoms with Crippen LogP contribution < -0.4 is 10.1 Å². The van der Waals surface area contributed by atoms with Crippen LogP contribution in [-0.2, 0) is 20.7 Å². The number of carbonyl (C=O) groups excluding carboxylic acids is 2. The summed E-state index contributed by atoms with van der Waals surface area (Å²) in [4.78, 5) is 26.0. The molecule has 0 aliphatic carbocycles. The first-order valence-electron chi connectivity index (χ1n) is 9.51. The maximum Gasteiger partial charge on any atom is 0.309 e. The number of carbonyl (C=O) groups is 2. The number of ether oxygens (including phenoxy) is 2. The number of nitrogens with one attached hydrogen (secondary N) is 1. The number of hydrogen-bond donors (Lipinski definition) is 1. The van der Waals surface area contributed by atoms with Gasteiger partial charge in [0.25, 0.3) is 5.91 Å². The van der Waals surface area contributed by atoms with Crippen LogP contribution >= 0.6 is 0 Å². The number of likely N-dealkylation sites (tertiary alicyclic amines) is 1. The molecule has 7 nitrogen and oxygen atoms in total. The van der Waals surface area contributed by atoms with E-state index >= 15 is 0 Å². The van der Waals surface area contributed by atoms with Crippen molar-refractivity contribution in [2.45, 2.75) is 26.2 Å². The minimum atomic E-state index is -0.386. The molecule has 0 unspecified atom stereocenters. The summed E-state index contributed by atoms with van der Waals surface area (Å²) < 4.78 is 10.2. The number of methoxy groups -OCH3 is 1. The van der Waals surface area contributed by atoms with Gasteiger partial charge in [-0.05, 0) is 43.9 Å². The normalized spacial score (nSPS) is 14.9. The zero-order valence-corrected chi connectivity index (χ0v) is 16.4. The number of rotatable bonds is 8. The van der Waals surface area contributed by atoms with Gasteiger partial charge < -0.3 is 19.7 Å². The number of piperidine rings is 1. The van der Waals surface area contributed by atoms with Crippen LogP contribution in [0, 0.1) is 17.2 Å². The number of nitriles is 1. The summed E-state index contributed by atoms with van der Waals surface area (Å²) in [5, 5.41) is 12.1. The highest BCUT2D eigenvalue weighted by molar-refractivity contribution is 5.97. The molecule has 1 saturated heterocycles. The maximum absolute atomic E-state index is 12.3. The van der Waals surface area contributed by atoms with Crippen molar-refractivity contribution in [2.75, 3.05) is 33.4 Å². The number of esters is 1. The largest absolute Gasteiger partial charge is 0.497 e. The van der Waals surface area contributed by atoms with E-state index in [2.05, 4.69) is 5.32 Å². The van der Waals surface area contributed by atoms with Crippen LogP contribution in [0.5, 0.6) is 5.75 Å². The van der Waals surface area contributed by atoms with Gasteiger partial charge in [-0.3, -0.25) is 9.59 Å². The van der Waals surface area contributed by atoms with Gasteiger partial charge in [-0.25, -0.2) is 0 Å². The predicted molar refractivity (Wildman–Crippen MR) is 104 cm³/mol. The van der Waals surface area contributed by atoms with Crippen molar-refractivity contribution in [1.29, 1.82) is 5.26 Å². The van der Waals surface area contributed by atoms with Crippen LogP contribution in [0.25, 0.3) is 0 Å². The second kappa shape index (κ2) is 11.0. The minimum Gasteiger partial charge on any atom is -0.497 e. The van der Waals surface area contributed by atoms with E-state index in [4.69, 9.17) is 9.47 Å². The smallest absolute Gasteiger partial charge is 0.309 e. The Morgan fingerprint density at radius 2 is 1.96 bits per heavy atom. The molecule has 1 heterocycles. The highest BCUT2D eigenvalue weighted by Gasteiger charge is 2.25. The third-order valence-corrected chi connectivity index (χ3v) is 4.68. The number of amides is 1. The molecule has 0 bridgehead atoms. The van der Waals surface area contributed by atoms with Crippen molar-refractivity contribution in [3.05, 3.63) is 41.6 Å². The molecule has 0 spiro atoms. The maximum atomic E-state index is 12.3. The minimum absolute atomic E-state index is 0.0734. The summed E-state index contributed by atoms with van der Waals surface area (Å²) in [5.41, 5.74) is 1.15. The fourth-order valence-corrected chi connectivity index (χ4v) is 3.05. The molecular formula is C21H27N3O4. The highest BCUT2D eigenvalue weighted by Crippen LogP contribution is 2.19. The van der Waals surface area contributed by atoms with E-state index in [-0.39, 0.29) is 23.4 Å². The van der Waals surface area contributed by atoms with Gasteiger partial charge in [0, 0.05) is 25.8 Å². The molecule has 1 aromatic carbocycles. The fourth-order valence-electron chi connectivity index (χ4n) is 3.05. The molecule has 1 aliphatic heterocycles. The molecule has 2 rings (SSSR count). The number of benzene rings is 1. The van der Waals surface area contributed by atoms with Crippen LogP contribution in [0.2, 0.25) is 0 Å². The zero-order chi connectivity index (χ0) is 20.4. The summed E-state index contributed by atoms with van der Waals surface area (Å²) in [6, 6.07) is 9.60. The summed E-state index contributed by atoms with van der Waals surface area (Å²) in [7, 11) is 1.62. The molecule has 150 valence electrons. The average Bonchev–Trinajstić information content (AvgIpc) is 2.73. The van der Waals surface area contributed by atoms with Crippen molar-refractivity contribution >= 4 is 11.9 Å². The monoisotopic (exact) mass is 385 g/mol. The van der Waals surface area contributed by atoms with Gasteiger partial charge >= 0.3 is 5.97 Å². The molecule has 0 aromatic heterocycles. The summed E-state index contributed by atoms with van der Waals surface area (Å²) >= 11 is 0. The third-order valence-electron chi connectivity index (χ3n) is 4.68. The standard InChI is InChI=1S/C21H27N3O4/c1-3-28-21(26)17-9-12-24(13-10-17)15-18(14-22)20(25)23-11-8-16-4-6-19(27-2)7-5-16/h4-7,15,17H,3,8-13H2,1-2H3,(H,23,25)/b18-15-. The molecule has 0 saturated carbocycles. The Morgan fingerprint density at radius 3 is 2.54 bits per heavy atom.